The molecule has 1 aliphatic carbocycles. The van der Waals surface area contributed by atoms with E-state index in [4.69, 9.17) is 9.84 Å². The van der Waals surface area contributed by atoms with Crippen molar-refractivity contribution in [2.75, 3.05) is 5.32 Å². The zero-order chi connectivity index (χ0) is 17.0. The van der Waals surface area contributed by atoms with Gasteiger partial charge in [0.2, 0.25) is 5.91 Å². The first-order valence-corrected chi connectivity index (χ1v) is 8.07. The number of rotatable bonds is 4. The van der Waals surface area contributed by atoms with Crippen LogP contribution >= 0.6 is 0 Å². The summed E-state index contributed by atoms with van der Waals surface area (Å²) < 4.78 is 5.74. The zero-order valence-electron chi connectivity index (χ0n) is 14.0. The maximum Gasteiger partial charge on any atom is 0.306 e. The van der Waals surface area contributed by atoms with Gasteiger partial charge in [0.15, 0.2) is 0 Å². The second-order valence-electron chi connectivity index (χ2n) is 7.11. The van der Waals surface area contributed by atoms with Crippen molar-refractivity contribution in [2.45, 2.75) is 52.1 Å². The molecule has 0 atom stereocenters. The van der Waals surface area contributed by atoms with Crippen LogP contribution in [0.5, 0.6) is 5.75 Å². The number of aliphatic carboxylic acids is 1. The topological polar surface area (TPSA) is 75.6 Å². The summed E-state index contributed by atoms with van der Waals surface area (Å²) in [7, 11) is 0. The number of hydrogen-bond acceptors (Lipinski definition) is 3. The number of carbonyl (C=O) groups is 2. The van der Waals surface area contributed by atoms with Gasteiger partial charge in [-0.05, 0) is 70.7 Å². The fourth-order valence-corrected chi connectivity index (χ4v) is 2.81. The van der Waals surface area contributed by atoms with Crippen LogP contribution in [0.25, 0.3) is 0 Å². The van der Waals surface area contributed by atoms with Gasteiger partial charge in [0.25, 0.3) is 0 Å². The Labute approximate surface area is 137 Å². The molecule has 1 fully saturated rings. The number of ether oxygens (including phenoxy) is 1. The minimum atomic E-state index is -0.752. The van der Waals surface area contributed by atoms with Crippen LogP contribution in [0.2, 0.25) is 0 Å². The summed E-state index contributed by atoms with van der Waals surface area (Å²) in [5, 5.41) is 11.9. The Hall–Kier alpha value is -2.04. The molecule has 1 aliphatic rings. The molecule has 0 aromatic heterocycles. The number of carboxylic acids is 1. The number of carboxylic acid groups (broad SMARTS) is 1. The van der Waals surface area contributed by atoms with Crippen molar-refractivity contribution in [2.24, 2.45) is 11.8 Å². The van der Waals surface area contributed by atoms with Crippen LogP contribution in [0.1, 0.15) is 46.5 Å². The molecule has 0 radical (unpaired) electrons. The van der Waals surface area contributed by atoms with Gasteiger partial charge in [-0.2, -0.15) is 0 Å². The van der Waals surface area contributed by atoms with Crippen molar-refractivity contribution in [1.82, 2.24) is 0 Å². The SMILES string of the molecule is CC(C)(C)Oc1ccc(NC(=O)C2CCC(C(=O)O)CC2)cc1. The van der Waals surface area contributed by atoms with E-state index in [1.54, 1.807) is 0 Å². The molecule has 5 heteroatoms. The summed E-state index contributed by atoms with van der Waals surface area (Å²) in [5.41, 5.74) is 0.477. The molecule has 1 aromatic carbocycles. The molecule has 0 unspecified atom stereocenters. The highest BCUT2D eigenvalue weighted by Gasteiger charge is 2.29. The van der Waals surface area contributed by atoms with Crippen molar-refractivity contribution in [3.05, 3.63) is 24.3 Å². The highest BCUT2D eigenvalue weighted by atomic mass is 16.5. The Kier molecular flexibility index (Phi) is 5.29. The first-order valence-electron chi connectivity index (χ1n) is 8.07. The summed E-state index contributed by atoms with van der Waals surface area (Å²) in [4.78, 5) is 23.2. The van der Waals surface area contributed by atoms with Crippen LogP contribution < -0.4 is 10.1 Å². The molecular weight excluding hydrogens is 294 g/mol. The first kappa shape index (κ1) is 17.3. The third kappa shape index (κ3) is 5.27. The third-order valence-corrected chi connectivity index (χ3v) is 3.99. The molecule has 23 heavy (non-hydrogen) atoms. The van der Waals surface area contributed by atoms with Crippen molar-refractivity contribution in [1.29, 1.82) is 0 Å². The van der Waals surface area contributed by atoms with E-state index in [1.165, 1.54) is 0 Å². The molecule has 0 heterocycles. The Morgan fingerprint density at radius 1 is 1.04 bits per heavy atom. The fourth-order valence-electron chi connectivity index (χ4n) is 2.81. The molecule has 126 valence electrons. The Morgan fingerprint density at radius 3 is 2.04 bits per heavy atom. The molecule has 0 bridgehead atoms. The molecule has 0 aliphatic heterocycles. The van der Waals surface area contributed by atoms with Crippen LogP contribution in [0.4, 0.5) is 5.69 Å². The number of nitrogens with one attached hydrogen (secondary N) is 1. The zero-order valence-corrected chi connectivity index (χ0v) is 14.0. The highest BCUT2D eigenvalue weighted by molar-refractivity contribution is 5.92. The van der Waals surface area contributed by atoms with Crippen LogP contribution in [0, 0.1) is 11.8 Å². The second-order valence-corrected chi connectivity index (χ2v) is 7.11. The molecule has 1 amide bonds. The molecular formula is C18H25NO4. The number of amides is 1. The van der Waals surface area contributed by atoms with Gasteiger partial charge in [-0.15, -0.1) is 0 Å². The van der Waals surface area contributed by atoms with Crippen molar-refractivity contribution in [3.8, 4) is 5.75 Å². The van der Waals surface area contributed by atoms with Crippen LogP contribution in [-0.2, 0) is 9.59 Å². The lowest BCUT2D eigenvalue weighted by molar-refractivity contribution is -0.143. The highest BCUT2D eigenvalue weighted by Crippen LogP contribution is 2.30. The van der Waals surface area contributed by atoms with E-state index in [9.17, 15) is 9.59 Å². The van der Waals surface area contributed by atoms with E-state index >= 15 is 0 Å². The minimum Gasteiger partial charge on any atom is -0.488 e. The van der Waals surface area contributed by atoms with Gasteiger partial charge < -0.3 is 15.2 Å². The van der Waals surface area contributed by atoms with Gasteiger partial charge in [-0.3, -0.25) is 9.59 Å². The van der Waals surface area contributed by atoms with E-state index in [0.717, 1.165) is 11.4 Å². The minimum absolute atomic E-state index is 0.0293. The predicted molar refractivity (Wildman–Crippen MR) is 88.5 cm³/mol. The van der Waals surface area contributed by atoms with Gasteiger partial charge in [0.05, 0.1) is 5.92 Å². The molecule has 2 rings (SSSR count). The summed E-state index contributed by atoms with van der Waals surface area (Å²) in [6.45, 7) is 5.95. The monoisotopic (exact) mass is 319 g/mol. The lowest BCUT2D eigenvalue weighted by atomic mass is 9.81. The second kappa shape index (κ2) is 7.02. The Morgan fingerprint density at radius 2 is 1.57 bits per heavy atom. The molecule has 2 N–H and O–H groups in total. The number of benzene rings is 1. The van der Waals surface area contributed by atoms with E-state index in [1.807, 2.05) is 45.0 Å². The van der Waals surface area contributed by atoms with E-state index in [2.05, 4.69) is 5.32 Å². The lowest BCUT2D eigenvalue weighted by Crippen LogP contribution is -2.29. The smallest absolute Gasteiger partial charge is 0.306 e. The Bertz CT molecular complexity index is 551. The Balaban J connectivity index is 1.87. The van der Waals surface area contributed by atoms with Gasteiger partial charge in [0.1, 0.15) is 11.4 Å². The number of hydrogen-bond donors (Lipinski definition) is 2. The maximum atomic E-state index is 12.3. The fraction of sp³-hybridized carbons (Fsp3) is 0.556. The third-order valence-electron chi connectivity index (χ3n) is 3.99. The summed E-state index contributed by atoms with van der Waals surface area (Å²) in [5.74, 6) is -0.418. The van der Waals surface area contributed by atoms with Crippen molar-refractivity contribution < 1.29 is 19.4 Å². The number of carbonyl (C=O) groups excluding carboxylic acids is 1. The molecule has 0 spiro atoms. The average Bonchev–Trinajstić information content (AvgIpc) is 2.48. The normalized spacial score (nSPS) is 21.5. The van der Waals surface area contributed by atoms with Crippen LogP contribution in [0.3, 0.4) is 0 Å². The van der Waals surface area contributed by atoms with E-state index in [-0.39, 0.29) is 23.3 Å². The first-order chi connectivity index (χ1) is 10.7. The molecule has 5 nitrogen and oxygen atoms in total. The lowest BCUT2D eigenvalue weighted by Gasteiger charge is -2.25. The van der Waals surface area contributed by atoms with E-state index in [0.29, 0.717) is 25.7 Å². The summed E-state index contributed by atoms with van der Waals surface area (Å²) in [6, 6.07) is 7.31. The van der Waals surface area contributed by atoms with Crippen LogP contribution in [-0.4, -0.2) is 22.6 Å². The van der Waals surface area contributed by atoms with Crippen molar-refractivity contribution in [3.63, 3.8) is 0 Å². The van der Waals surface area contributed by atoms with Crippen LogP contribution in [0.15, 0.2) is 24.3 Å². The molecule has 0 saturated heterocycles. The standard InChI is InChI=1S/C18H25NO4/c1-18(2,3)23-15-10-8-14(9-11-15)19-16(20)12-4-6-13(7-5-12)17(21)22/h8-13H,4-7H2,1-3H3,(H,19,20)(H,21,22). The summed E-state index contributed by atoms with van der Waals surface area (Å²) >= 11 is 0. The van der Waals surface area contributed by atoms with Gasteiger partial charge in [-0.25, -0.2) is 0 Å². The predicted octanol–water partition coefficient (Wildman–Crippen LogP) is 3.69. The van der Waals surface area contributed by atoms with Gasteiger partial charge >= 0.3 is 5.97 Å². The quantitative estimate of drug-likeness (QED) is 0.887. The van der Waals surface area contributed by atoms with Gasteiger partial charge in [0, 0.05) is 11.6 Å². The van der Waals surface area contributed by atoms with Crippen molar-refractivity contribution >= 4 is 17.6 Å². The van der Waals surface area contributed by atoms with Gasteiger partial charge in [-0.1, -0.05) is 0 Å². The molecule has 1 aromatic rings. The largest absolute Gasteiger partial charge is 0.488 e. The van der Waals surface area contributed by atoms with E-state index < -0.39 is 5.97 Å². The summed E-state index contributed by atoms with van der Waals surface area (Å²) in [6.07, 6.45) is 2.42. The average molecular weight is 319 g/mol. The number of anilines is 1. The maximum absolute atomic E-state index is 12.3. The molecule has 1 saturated carbocycles.